The largest absolute Gasteiger partial charge is 0.310 e. The van der Waals surface area contributed by atoms with Crippen molar-refractivity contribution in [3.8, 4) is 32.8 Å². The topological polar surface area (TPSA) is 16.1 Å². The normalized spacial score (nSPS) is 11.7. The molecule has 0 fully saturated rings. The lowest BCUT2D eigenvalue weighted by Crippen LogP contribution is -2.09. The quantitative estimate of drug-likeness (QED) is 0.156. The smallest absolute Gasteiger partial charge is 0.124 e. The first kappa shape index (κ1) is 34.0. The van der Waals surface area contributed by atoms with Crippen molar-refractivity contribution >= 4 is 102 Å². The Morgan fingerprint density at radius 1 is 0.339 bits per heavy atom. The van der Waals surface area contributed by atoms with Gasteiger partial charge in [-0.2, -0.15) is 0 Å². The Morgan fingerprint density at radius 3 is 1.76 bits per heavy atom. The van der Waals surface area contributed by atoms with Crippen LogP contribution in [0.3, 0.4) is 0 Å². The summed E-state index contributed by atoms with van der Waals surface area (Å²) in [4.78, 5) is 7.33. The van der Waals surface area contributed by atoms with Gasteiger partial charge in [-0.1, -0.05) is 146 Å². The fourth-order valence-corrected chi connectivity index (χ4v) is 11.0. The minimum atomic E-state index is 1.05. The zero-order valence-electron chi connectivity index (χ0n) is 31.8. The highest BCUT2D eigenvalue weighted by Crippen LogP contribution is 2.44. The fraction of sp³-hybridized carbons (Fsp3) is 0. The van der Waals surface area contributed by atoms with Gasteiger partial charge in [-0.3, -0.25) is 0 Å². The van der Waals surface area contributed by atoms with Gasteiger partial charge in [-0.25, -0.2) is 4.98 Å². The zero-order chi connectivity index (χ0) is 38.9. The molecule has 2 aromatic heterocycles. The third-order valence-electron chi connectivity index (χ3n) is 11.7. The van der Waals surface area contributed by atoms with E-state index in [0.29, 0.717) is 0 Å². The predicted molar refractivity (Wildman–Crippen MR) is 256 cm³/mol. The van der Waals surface area contributed by atoms with Gasteiger partial charge < -0.3 is 4.90 Å². The second-order valence-electron chi connectivity index (χ2n) is 15.1. The number of thiophene rings is 1. The number of benzene rings is 10. The van der Waals surface area contributed by atoms with Crippen molar-refractivity contribution in [2.75, 3.05) is 4.90 Å². The maximum Gasteiger partial charge on any atom is 0.124 e. The van der Waals surface area contributed by atoms with Gasteiger partial charge in [0, 0.05) is 42.8 Å². The summed E-state index contributed by atoms with van der Waals surface area (Å²) >= 11 is 3.63. The van der Waals surface area contributed by atoms with Gasteiger partial charge in [-0.15, -0.1) is 22.7 Å². The number of nitrogens with zero attached hydrogens (tertiary/aromatic N) is 2. The lowest BCUT2D eigenvalue weighted by atomic mass is 9.93. The SMILES string of the molecule is c1ccc(-c2ccc(N(c3ccc(-c4cc5ccccc5c5ccccc45)cc3)c3ccc4c(c3)sc3c5ccc(-c6nc7ccccc7s6)cc5ccc43)cc2)cc1. The van der Waals surface area contributed by atoms with Crippen LogP contribution in [0.4, 0.5) is 17.1 Å². The number of aromatic nitrogens is 1. The average molecular weight is 787 g/mol. The van der Waals surface area contributed by atoms with Crippen LogP contribution in [0, 0.1) is 0 Å². The second kappa shape index (κ2) is 13.8. The number of hydrogen-bond donors (Lipinski definition) is 0. The van der Waals surface area contributed by atoms with E-state index in [-0.39, 0.29) is 0 Å². The Kier molecular flexibility index (Phi) is 7.93. The molecule has 0 spiro atoms. The molecule has 0 aliphatic carbocycles. The average Bonchev–Trinajstić information content (AvgIpc) is 3.92. The molecular formula is C55H34N2S2. The van der Waals surface area contributed by atoms with Gasteiger partial charge in [-0.05, 0) is 115 Å². The van der Waals surface area contributed by atoms with Crippen LogP contribution in [0.25, 0.3) is 95.5 Å². The first-order valence-corrected chi connectivity index (χ1v) is 21.6. The fourth-order valence-electron chi connectivity index (χ4n) is 8.78. The maximum absolute atomic E-state index is 4.94. The summed E-state index contributed by atoms with van der Waals surface area (Å²) in [6, 6.07) is 75.2. The molecule has 0 unspecified atom stereocenters. The Morgan fingerprint density at radius 2 is 0.949 bits per heavy atom. The highest BCUT2D eigenvalue weighted by molar-refractivity contribution is 7.26. The van der Waals surface area contributed by atoms with E-state index in [1.54, 1.807) is 11.3 Å². The van der Waals surface area contributed by atoms with Crippen LogP contribution in [0.5, 0.6) is 0 Å². The first-order valence-electron chi connectivity index (χ1n) is 19.9. The molecule has 12 aromatic rings. The number of fused-ring (bicyclic) bond motifs is 9. The summed E-state index contributed by atoms with van der Waals surface area (Å²) < 4.78 is 3.80. The highest BCUT2D eigenvalue weighted by Gasteiger charge is 2.18. The van der Waals surface area contributed by atoms with Crippen molar-refractivity contribution < 1.29 is 0 Å². The third kappa shape index (κ3) is 5.79. The van der Waals surface area contributed by atoms with Gasteiger partial charge >= 0.3 is 0 Å². The van der Waals surface area contributed by atoms with Crippen LogP contribution in [-0.2, 0) is 0 Å². The lowest BCUT2D eigenvalue weighted by Gasteiger charge is -2.26. The molecule has 0 atom stereocenters. The van der Waals surface area contributed by atoms with Crippen molar-refractivity contribution in [2.24, 2.45) is 0 Å². The number of hydrogen-bond acceptors (Lipinski definition) is 4. The monoisotopic (exact) mass is 786 g/mol. The predicted octanol–water partition coefficient (Wildman–Crippen LogP) is 16.6. The Hall–Kier alpha value is -7.11. The van der Waals surface area contributed by atoms with Gasteiger partial charge in [0.1, 0.15) is 5.01 Å². The van der Waals surface area contributed by atoms with Crippen molar-refractivity contribution in [3.05, 3.63) is 206 Å². The van der Waals surface area contributed by atoms with Crippen molar-refractivity contribution in [3.63, 3.8) is 0 Å². The van der Waals surface area contributed by atoms with Crippen molar-refractivity contribution in [1.82, 2.24) is 4.98 Å². The molecule has 0 aliphatic rings. The molecule has 59 heavy (non-hydrogen) atoms. The van der Waals surface area contributed by atoms with Crippen LogP contribution in [0.2, 0.25) is 0 Å². The van der Waals surface area contributed by atoms with Crippen LogP contribution in [0.15, 0.2) is 206 Å². The minimum absolute atomic E-state index is 1.05. The standard InChI is InChI=1S/C55H34N2S2/c1-2-10-35(11-3-1)36-18-24-41(25-19-36)57(42-26-20-37(21-27-42)50-33-38-12-4-5-13-44(38)46-14-6-7-15-47(46)50)43-28-31-48-49-30-22-39-32-40(23-29-45(39)54(49)58-53(48)34-43)55-56-51-16-8-9-17-52(51)59-55/h1-34H. The molecule has 0 aliphatic heterocycles. The Labute approximate surface area is 349 Å². The van der Waals surface area contributed by atoms with Gasteiger partial charge in [0.15, 0.2) is 0 Å². The van der Waals surface area contributed by atoms with Crippen LogP contribution < -0.4 is 4.90 Å². The number of thiazole rings is 1. The third-order valence-corrected chi connectivity index (χ3v) is 14.0. The molecular weight excluding hydrogens is 753 g/mol. The highest BCUT2D eigenvalue weighted by atomic mass is 32.1. The summed E-state index contributed by atoms with van der Waals surface area (Å²) in [6.45, 7) is 0. The van der Waals surface area contributed by atoms with Crippen molar-refractivity contribution in [1.29, 1.82) is 0 Å². The van der Waals surface area contributed by atoms with Gasteiger partial charge in [0.05, 0.1) is 10.2 Å². The van der Waals surface area contributed by atoms with E-state index in [1.165, 1.54) is 79.4 Å². The molecule has 276 valence electrons. The summed E-state index contributed by atoms with van der Waals surface area (Å²) in [6.07, 6.45) is 0. The molecule has 0 amide bonds. The molecule has 0 saturated heterocycles. The van der Waals surface area contributed by atoms with E-state index in [9.17, 15) is 0 Å². The first-order chi connectivity index (χ1) is 29.2. The van der Waals surface area contributed by atoms with Crippen LogP contribution in [0.1, 0.15) is 0 Å². The van der Waals surface area contributed by atoms with Crippen molar-refractivity contribution in [2.45, 2.75) is 0 Å². The Balaban J connectivity index is 0.967. The van der Waals surface area contributed by atoms with Crippen LogP contribution in [-0.4, -0.2) is 4.98 Å². The molecule has 12 rings (SSSR count). The molecule has 2 heterocycles. The molecule has 10 aromatic carbocycles. The van der Waals surface area contributed by atoms with E-state index >= 15 is 0 Å². The van der Waals surface area contributed by atoms with Crippen LogP contribution >= 0.6 is 22.7 Å². The number of anilines is 3. The molecule has 4 heteroatoms. The zero-order valence-corrected chi connectivity index (χ0v) is 33.5. The molecule has 0 N–H and O–H groups in total. The minimum Gasteiger partial charge on any atom is -0.310 e. The molecule has 0 radical (unpaired) electrons. The summed E-state index contributed by atoms with van der Waals surface area (Å²) in [7, 11) is 0. The van der Waals surface area contributed by atoms with E-state index in [0.717, 1.165) is 33.1 Å². The summed E-state index contributed by atoms with van der Waals surface area (Å²) in [5.74, 6) is 0. The van der Waals surface area contributed by atoms with E-state index in [4.69, 9.17) is 4.98 Å². The van der Waals surface area contributed by atoms with Gasteiger partial charge in [0.25, 0.3) is 0 Å². The molecule has 2 nitrogen and oxygen atoms in total. The molecule has 0 saturated carbocycles. The van der Waals surface area contributed by atoms with E-state index < -0.39 is 0 Å². The Bertz CT molecular complexity index is 3510. The number of para-hydroxylation sites is 1. The van der Waals surface area contributed by atoms with E-state index in [1.807, 2.05) is 11.3 Å². The van der Waals surface area contributed by atoms with E-state index in [2.05, 4.69) is 211 Å². The maximum atomic E-state index is 4.94. The second-order valence-corrected chi connectivity index (χ2v) is 17.2. The van der Waals surface area contributed by atoms with Gasteiger partial charge in [0.2, 0.25) is 0 Å². The lowest BCUT2D eigenvalue weighted by molar-refractivity contribution is 1.29. The summed E-state index contributed by atoms with van der Waals surface area (Å²) in [5.41, 5.74) is 10.4. The summed E-state index contributed by atoms with van der Waals surface area (Å²) in [5, 5.41) is 11.2. The molecule has 0 bridgehead atoms. The number of rotatable bonds is 6.